The fourth-order valence-corrected chi connectivity index (χ4v) is 6.80. The lowest BCUT2D eigenvalue weighted by Gasteiger charge is -2.43. The van der Waals surface area contributed by atoms with E-state index in [0.29, 0.717) is 22.6 Å². The summed E-state index contributed by atoms with van der Waals surface area (Å²) in [5.41, 5.74) is 1.39. The molecule has 1 aromatic heterocycles. The molecule has 2 aromatic rings. The number of thioether (sulfide) groups is 1. The van der Waals surface area contributed by atoms with Crippen molar-refractivity contribution in [1.82, 2.24) is 20.3 Å². The van der Waals surface area contributed by atoms with Gasteiger partial charge < -0.3 is 29.1 Å². The van der Waals surface area contributed by atoms with Crippen LogP contribution in [0.15, 0.2) is 52.8 Å². The standard InChI is InChI=1S/C27H27ClN4O7S/c1-14-18(19(30-39-14)16-9-5-6-10-17(16)28)22(33)29-20-23(34)32-21(27(2,3)40-24(20)32)26(36)38-13-37-25(35)15-8-7-11-31(4)12-15/h5-7,9-12,20-21,24H,8,13H2,1-4H3,(H,29,33)/t20?,21-,24?/m0/s1. The first-order valence-corrected chi connectivity index (χ1v) is 13.7. The molecule has 3 atom stereocenters. The van der Waals surface area contributed by atoms with Gasteiger partial charge in [-0.15, -0.1) is 11.8 Å². The predicted molar refractivity (Wildman–Crippen MR) is 146 cm³/mol. The number of nitrogens with zero attached hydrogens (tertiary/aromatic N) is 3. The van der Waals surface area contributed by atoms with E-state index in [9.17, 15) is 19.2 Å². The first-order chi connectivity index (χ1) is 19.0. The Kier molecular flexibility index (Phi) is 7.40. The molecule has 2 amide bonds. The maximum atomic E-state index is 13.3. The van der Waals surface area contributed by atoms with E-state index in [-0.39, 0.29) is 17.0 Å². The Morgan fingerprint density at radius 2 is 2.00 bits per heavy atom. The Hall–Kier alpha value is -3.77. The minimum Gasteiger partial charge on any atom is -0.426 e. The van der Waals surface area contributed by atoms with Gasteiger partial charge in [0.05, 0.1) is 10.6 Å². The number of benzene rings is 1. The molecule has 0 bridgehead atoms. The number of β-lactam (4-membered cyclic amide) rings is 1. The number of ether oxygens (including phenoxy) is 2. The second kappa shape index (κ2) is 10.7. The summed E-state index contributed by atoms with van der Waals surface area (Å²) in [6, 6.07) is 5.12. The number of allylic oxidation sites excluding steroid dienone is 1. The van der Waals surface area contributed by atoms with E-state index in [1.807, 2.05) is 26.1 Å². The molecule has 4 heterocycles. The molecule has 5 rings (SSSR count). The minimum atomic E-state index is -0.930. The molecule has 0 spiro atoms. The van der Waals surface area contributed by atoms with Crippen LogP contribution in [0.25, 0.3) is 11.3 Å². The van der Waals surface area contributed by atoms with Crippen molar-refractivity contribution in [2.24, 2.45) is 0 Å². The Morgan fingerprint density at radius 3 is 2.73 bits per heavy atom. The second-order valence-corrected chi connectivity index (χ2v) is 12.3. The average Bonchev–Trinajstić information content (AvgIpc) is 3.41. The van der Waals surface area contributed by atoms with Gasteiger partial charge in [-0.1, -0.05) is 41.0 Å². The van der Waals surface area contributed by atoms with E-state index in [2.05, 4.69) is 10.5 Å². The first-order valence-electron chi connectivity index (χ1n) is 12.4. The lowest BCUT2D eigenvalue weighted by molar-refractivity contribution is -0.175. The van der Waals surface area contributed by atoms with Crippen LogP contribution in [0.4, 0.5) is 0 Å². The number of rotatable bonds is 7. The molecule has 3 aliphatic heterocycles. The number of hydrogen-bond acceptors (Lipinski definition) is 10. The first kappa shape index (κ1) is 27.8. The van der Waals surface area contributed by atoms with Gasteiger partial charge in [0, 0.05) is 30.0 Å². The zero-order chi connectivity index (χ0) is 28.8. The van der Waals surface area contributed by atoms with E-state index >= 15 is 0 Å². The summed E-state index contributed by atoms with van der Waals surface area (Å²) in [5.74, 6) is -1.98. The van der Waals surface area contributed by atoms with Crippen molar-refractivity contribution in [2.45, 2.75) is 49.4 Å². The van der Waals surface area contributed by atoms with Gasteiger partial charge in [0.2, 0.25) is 12.7 Å². The lowest BCUT2D eigenvalue weighted by atomic mass is 9.95. The molecule has 0 aliphatic carbocycles. The van der Waals surface area contributed by atoms with Crippen LogP contribution < -0.4 is 5.32 Å². The number of halogens is 1. The number of aryl methyl sites for hydroxylation is 1. The molecule has 13 heteroatoms. The van der Waals surface area contributed by atoms with Crippen LogP contribution in [-0.4, -0.2) is 74.8 Å². The van der Waals surface area contributed by atoms with Crippen LogP contribution in [0.5, 0.6) is 0 Å². The molecule has 1 aromatic carbocycles. The Bertz CT molecular complexity index is 1450. The molecule has 1 N–H and O–H groups in total. The summed E-state index contributed by atoms with van der Waals surface area (Å²) < 4.78 is 14.9. The maximum Gasteiger partial charge on any atom is 0.338 e. The monoisotopic (exact) mass is 586 g/mol. The molecule has 0 saturated carbocycles. The minimum absolute atomic E-state index is 0.175. The Balaban J connectivity index is 1.23. The van der Waals surface area contributed by atoms with Gasteiger partial charge in [-0.2, -0.15) is 0 Å². The van der Waals surface area contributed by atoms with Crippen LogP contribution in [0.1, 0.15) is 36.4 Å². The normalized spacial score (nSPS) is 22.8. The van der Waals surface area contributed by atoms with Gasteiger partial charge in [-0.05, 0) is 33.0 Å². The number of nitrogens with one attached hydrogen (secondary N) is 1. The van der Waals surface area contributed by atoms with E-state index in [1.54, 1.807) is 49.3 Å². The molecular formula is C27H27ClN4O7S. The van der Waals surface area contributed by atoms with Gasteiger partial charge >= 0.3 is 11.9 Å². The topological polar surface area (TPSA) is 131 Å². The van der Waals surface area contributed by atoms with Gasteiger partial charge in [0.15, 0.2) is 0 Å². The molecule has 40 heavy (non-hydrogen) atoms. The molecule has 2 fully saturated rings. The number of fused-ring (bicyclic) bond motifs is 1. The molecule has 210 valence electrons. The quantitative estimate of drug-likeness (QED) is 0.293. The van der Waals surface area contributed by atoms with Crippen LogP contribution in [0.2, 0.25) is 5.02 Å². The van der Waals surface area contributed by atoms with Gasteiger partial charge in [-0.3, -0.25) is 9.59 Å². The summed E-state index contributed by atoms with van der Waals surface area (Å²) in [7, 11) is 1.78. The number of aromatic nitrogens is 1. The molecule has 2 saturated heterocycles. The number of carbonyl (C=O) groups excluding carboxylic acids is 4. The van der Waals surface area contributed by atoms with Gasteiger partial charge in [-0.25, -0.2) is 9.59 Å². The van der Waals surface area contributed by atoms with Crippen molar-refractivity contribution >= 4 is 47.1 Å². The molecule has 11 nitrogen and oxygen atoms in total. The van der Waals surface area contributed by atoms with E-state index in [4.69, 9.17) is 25.6 Å². The van der Waals surface area contributed by atoms with Crippen LogP contribution in [-0.2, 0) is 23.9 Å². The summed E-state index contributed by atoms with van der Waals surface area (Å²) in [4.78, 5) is 54.9. The van der Waals surface area contributed by atoms with Crippen molar-refractivity contribution in [3.8, 4) is 11.3 Å². The highest BCUT2D eigenvalue weighted by Crippen LogP contribution is 2.51. The zero-order valence-electron chi connectivity index (χ0n) is 22.2. The summed E-state index contributed by atoms with van der Waals surface area (Å²) >= 11 is 7.68. The molecule has 0 radical (unpaired) electrons. The molecular weight excluding hydrogens is 560 g/mol. The number of esters is 2. The van der Waals surface area contributed by atoms with E-state index in [0.717, 1.165) is 0 Å². The molecule has 2 unspecified atom stereocenters. The summed E-state index contributed by atoms with van der Waals surface area (Å²) in [6.45, 7) is 4.65. The number of amides is 2. The van der Waals surface area contributed by atoms with Crippen molar-refractivity contribution in [3.05, 3.63) is 64.7 Å². The fraction of sp³-hybridized carbons (Fsp3) is 0.370. The van der Waals surface area contributed by atoms with Crippen molar-refractivity contribution < 1.29 is 33.2 Å². The third-order valence-corrected chi connectivity index (χ3v) is 8.76. The van der Waals surface area contributed by atoms with E-state index < -0.39 is 52.8 Å². The van der Waals surface area contributed by atoms with Crippen LogP contribution >= 0.6 is 23.4 Å². The van der Waals surface area contributed by atoms with Crippen LogP contribution in [0, 0.1) is 6.92 Å². The van der Waals surface area contributed by atoms with Crippen molar-refractivity contribution in [2.75, 3.05) is 13.8 Å². The maximum absolute atomic E-state index is 13.3. The largest absolute Gasteiger partial charge is 0.426 e. The van der Waals surface area contributed by atoms with Crippen molar-refractivity contribution in [3.63, 3.8) is 0 Å². The fourth-order valence-electron chi connectivity index (χ4n) is 4.95. The zero-order valence-corrected chi connectivity index (χ0v) is 23.7. The number of carbonyl (C=O) groups is 4. The summed E-state index contributed by atoms with van der Waals surface area (Å²) in [6.07, 6.45) is 5.68. The SMILES string of the molecule is Cc1onc(-c2ccccc2Cl)c1C(=O)NC1C(=O)N2C1SC(C)(C)[C@@H]2C(=O)OCOC(=O)C1=CN(C)C=CC1. The molecule has 3 aliphatic rings. The lowest BCUT2D eigenvalue weighted by Crippen LogP contribution is -2.70. The summed E-state index contributed by atoms with van der Waals surface area (Å²) in [5, 5.41) is 6.69. The predicted octanol–water partition coefficient (Wildman–Crippen LogP) is 3.24. The van der Waals surface area contributed by atoms with Crippen LogP contribution in [0.3, 0.4) is 0 Å². The average molecular weight is 587 g/mol. The highest BCUT2D eigenvalue weighted by Gasteiger charge is 2.64. The third kappa shape index (κ3) is 4.97. The highest BCUT2D eigenvalue weighted by atomic mass is 35.5. The smallest absolute Gasteiger partial charge is 0.338 e. The van der Waals surface area contributed by atoms with Crippen molar-refractivity contribution in [1.29, 1.82) is 0 Å². The third-order valence-electron chi connectivity index (χ3n) is 6.86. The number of hydrogen-bond donors (Lipinski definition) is 1. The van der Waals surface area contributed by atoms with Gasteiger partial charge in [0.1, 0.15) is 34.5 Å². The Morgan fingerprint density at radius 1 is 1.25 bits per heavy atom. The Labute approximate surface area is 239 Å². The van der Waals surface area contributed by atoms with Gasteiger partial charge in [0.25, 0.3) is 5.91 Å². The van der Waals surface area contributed by atoms with E-state index in [1.165, 1.54) is 16.7 Å². The highest BCUT2D eigenvalue weighted by molar-refractivity contribution is 8.01. The second-order valence-electron chi connectivity index (χ2n) is 10.1.